The van der Waals surface area contributed by atoms with Crippen LogP contribution in [-0.2, 0) is 15.0 Å². The van der Waals surface area contributed by atoms with Crippen LogP contribution >= 0.6 is 11.3 Å². The van der Waals surface area contributed by atoms with Crippen molar-refractivity contribution >= 4 is 23.2 Å². The summed E-state index contributed by atoms with van der Waals surface area (Å²) in [6.07, 6.45) is 2.85. The largest absolute Gasteiger partial charge is 0.481 e. The molecule has 0 aliphatic carbocycles. The van der Waals surface area contributed by atoms with Gasteiger partial charge in [-0.25, -0.2) is 0 Å². The topological polar surface area (TPSA) is 57.6 Å². The third-order valence-electron chi connectivity index (χ3n) is 4.24. The van der Waals surface area contributed by atoms with Crippen LogP contribution in [0.1, 0.15) is 44.4 Å². The number of likely N-dealkylation sites (tertiary alicyclic amines) is 1. The number of rotatable bonds is 5. The summed E-state index contributed by atoms with van der Waals surface area (Å²) in [7, 11) is 0. The molecule has 1 aromatic rings. The number of carboxylic acid groups (broad SMARTS) is 1. The molecular formula is C16H23NO3S. The van der Waals surface area contributed by atoms with Gasteiger partial charge in [0.2, 0.25) is 5.91 Å². The molecule has 1 aromatic heterocycles. The Hall–Kier alpha value is -1.36. The number of hydrogen-bond acceptors (Lipinski definition) is 3. The van der Waals surface area contributed by atoms with Gasteiger partial charge >= 0.3 is 5.97 Å². The van der Waals surface area contributed by atoms with Crippen LogP contribution in [0.15, 0.2) is 17.5 Å². The van der Waals surface area contributed by atoms with Crippen molar-refractivity contribution in [1.82, 2.24) is 4.90 Å². The molecule has 1 atom stereocenters. The molecule has 0 aromatic carbocycles. The number of thiophene rings is 1. The van der Waals surface area contributed by atoms with E-state index in [9.17, 15) is 9.59 Å². The van der Waals surface area contributed by atoms with Gasteiger partial charge in [0.1, 0.15) is 0 Å². The lowest BCUT2D eigenvalue weighted by atomic mass is 9.87. The van der Waals surface area contributed by atoms with Crippen LogP contribution in [-0.4, -0.2) is 35.0 Å². The van der Waals surface area contributed by atoms with Gasteiger partial charge in [0.05, 0.1) is 5.41 Å². The van der Waals surface area contributed by atoms with Crippen molar-refractivity contribution in [3.8, 4) is 0 Å². The van der Waals surface area contributed by atoms with E-state index in [1.807, 2.05) is 36.3 Å². The Balaban J connectivity index is 2.00. The first-order chi connectivity index (χ1) is 9.91. The van der Waals surface area contributed by atoms with E-state index < -0.39 is 11.4 Å². The molecule has 0 bridgehead atoms. The molecular weight excluding hydrogens is 286 g/mol. The second kappa shape index (κ2) is 6.60. The van der Waals surface area contributed by atoms with E-state index in [1.54, 1.807) is 11.3 Å². The van der Waals surface area contributed by atoms with Gasteiger partial charge in [0.15, 0.2) is 0 Å². The summed E-state index contributed by atoms with van der Waals surface area (Å²) >= 11 is 1.61. The summed E-state index contributed by atoms with van der Waals surface area (Å²) in [5, 5.41) is 10.8. The lowest BCUT2D eigenvalue weighted by molar-refractivity contribution is -0.138. The minimum Gasteiger partial charge on any atom is -0.481 e. The average Bonchev–Trinajstić information content (AvgIpc) is 2.99. The molecule has 0 spiro atoms. The van der Waals surface area contributed by atoms with E-state index in [1.165, 1.54) is 0 Å². The standard InChI is InChI=1S/C16H23NO3S/c1-16(2,13-6-4-10-21-13)15(20)17-9-3-5-12(11-17)7-8-14(18)19/h4,6,10,12H,3,5,7-9,11H2,1-2H3,(H,18,19)/t12-/m1/s1. The van der Waals surface area contributed by atoms with E-state index >= 15 is 0 Å². The van der Waals surface area contributed by atoms with Gasteiger partial charge < -0.3 is 10.0 Å². The van der Waals surface area contributed by atoms with E-state index in [4.69, 9.17) is 5.11 Å². The summed E-state index contributed by atoms with van der Waals surface area (Å²) in [5.41, 5.74) is -0.497. The van der Waals surface area contributed by atoms with Gasteiger partial charge in [-0.05, 0) is 50.5 Å². The number of carbonyl (C=O) groups is 2. The predicted octanol–water partition coefficient (Wildman–Crippen LogP) is 3.13. The molecule has 21 heavy (non-hydrogen) atoms. The number of amides is 1. The molecule has 1 aliphatic rings. The number of aliphatic carboxylic acids is 1. The van der Waals surface area contributed by atoms with E-state index in [-0.39, 0.29) is 12.3 Å². The third kappa shape index (κ3) is 3.84. The summed E-state index contributed by atoms with van der Waals surface area (Å²) in [5.74, 6) is -0.278. The Morgan fingerprint density at radius 1 is 1.48 bits per heavy atom. The Bertz CT molecular complexity index is 496. The maximum Gasteiger partial charge on any atom is 0.303 e. The minimum absolute atomic E-state index is 0.157. The predicted molar refractivity (Wildman–Crippen MR) is 83.5 cm³/mol. The summed E-state index contributed by atoms with van der Waals surface area (Å²) < 4.78 is 0. The highest BCUT2D eigenvalue weighted by molar-refractivity contribution is 7.10. The number of carboxylic acids is 1. The molecule has 5 heteroatoms. The summed E-state index contributed by atoms with van der Waals surface area (Å²) in [6.45, 7) is 5.43. The van der Waals surface area contributed by atoms with Gasteiger partial charge in [-0.2, -0.15) is 0 Å². The number of hydrogen-bond donors (Lipinski definition) is 1. The lowest BCUT2D eigenvalue weighted by Gasteiger charge is -2.37. The fourth-order valence-corrected chi connectivity index (χ4v) is 3.79. The van der Waals surface area contributed by atoms with Crippen molar-refractivity contribution in [3.05, 3.63) is 22.4 Å². The van der Waals surface area contributed by atoms with Crippen LogP contribution in [0.3, 0.4) is 0 Å². The first kappa shape index (κ1) is 16.0. The molecule has 2 heterocycles. The maximum atomic E-state index is 12.8. The normalized spacial score (nSPS) is 19.5. The van der Waals surface area contributed by atoms with Crippen molar-refractivity contribution < 1.29 is 14.7 Å². The number of nitrogens with zero attached hydrogens (tertiary/aromatic N) is 1. The minimum atomic E-state index is -0.752. The molecule has 116 valence electrons. The van der Waals surface area contributed by atoms with Gasteiger partial charge in [-0.3, -0.25) is 9.59 Å². The molecule has 0 unspecified atom stereocenters. The molecule has 1 N–H and O–H groups in total. The molecule has 0 saturated carbocycles. The van der Waals surface area contributed by atoms with Crippen molar-refractivity contribution in [1.29, 1.82) is 0 Å². The Kier molecular flexibility index (Phi) is 5.04. The van der Waals surface area contributed by atoms with Crippen molar-refractivity contribution in [2.75, 3.05) is 13.1 Å². The fraction of sp³-hybridized carbons (Fsp3) is 0.625. The van der Waals surface area contributed by atoms with Crippen molar-refractivity contribution in [3.63, 3.8) is 0 Å². The van der Waals surface area contributed by atoms with Crippen molar-refractivity contribution in [2.45, 2.75) is 44.9 Å². The first-order valence-electron chi connectivity index (χ1n) is 7.46. The van der Waals surface area contributed by atoms with Gasteiger partial charge in [0, 0.05) is 24.4 Å². The van der Waals surface area contributed by atoms with Crippen LogP contribution in [0.5, 0.6) is 0 Å². The molecule has 1 saturated heterocycles. The summed E-state index contributed by atoms with van der Waals surface area (Å²) in [4.78, 5) is 26.5. The van der Waals surface area contributed by atoms with Crippen LogP contribution in [0.4, 0.5) is 0 Å². The Morgan fingerprint density at radius 3 is 2.86 bits per heavy atom. The van der Waals surface area contributed by atoms with E-state index in [2.05, 4.69) is 0 Å². The van der Waals surface area contributed by atoms with Crippen LogP contribution in [0.2, 0.25) is 0 Å². The van der Waals surface area contributed by atoms with Crippen LogP contribution < -0.4 is 0 Å². The SMILES string of the molecule is CC(C)(C(=O)N1CCC[C@H](CCC(=O)O)C1)c1cccs1. The molecule has 1 fully saturated rings. The molecule has 2 rings (SSSR count). The van der Waals surface area contributed by atoms with E-state index in [0.29, 0.717) is 18.9 Å². The average molecular weight is 309 g/mol. The van der Waals surface area contributed by atoms with Gasteiger partial charge in [0.25, 0.3) is 0 Å². The Labute approximate surface area is 129 Å². The molecule has 1 amide bonds. The number of piperidine rings is 1. The quantitative estimate of drug-likeness (QED) is 0.909. The highest BCUT2D eigenvalue weighted by atomic mass is 32.1. The third-order valence-corrected chi connectivity index (χ3v) is 5.44. The smallest absolute Gasteiger partial charge is 0.303 e. The highest BCUT2D eigenvalue weighted by Crippen LogP contribution is 2.31. The highest BCUT2D eigenvalue weighted by Gasteiger charge is 2.36. The second-order valence-corrected chi connectivity index (χ2v) is 7.24. The van der Waals surface area contributed by atoms with E-state index in [0.717, 1.165) is 24.3 Å². The molecule has 0 radical (unpaired) electrons. The zero-order valence-corrected chi connectivity index (χ0v) is 13.5. The Morgan fingerprint density at radius 2 is 2.24 bits per heavy atom. The maximum absolute atomic E-state index is 12.8. The lowest BCUT2D eigenvalue weighted by Crippen LogP contribution is -2.47. The van der Waals surface area contributed by atoms with Crippen LogP contribution in [0.25, 0.3) is 0 Å². The molecule has 4 nitrogen and oxygen atoms in total. The molecule has 1 aliphatic heterocycles. The monoisotopic (exact) mass is 309 g/mol. The van der Waals surface area contributed by atoms with Gasteiger partial charge in [-0.1, -0.05) is 6.07 Å². The van der Waals surface area contributed by atoms with Gasteiger partial charge in [-0.15, -0.1) is 11.3 Å². The fourth-order valence-electron chi connectivity index (χ4n) is 2.95. The van der Waals surface area contributed by atoms with Crippen molar-refractivity contribution in [2.24, 2.45) is 5.92 Å². The zero-order valence-electron chi connectivity index (χ0n) is 12.7. The zero-order chi connectivity index (χ0) is 15.5. The first-order valence-corrected chi connectivity index (χ1v) is 8.34. The summed E-state index contributed by atoms with van der Waals surface area (Å²) in [6, 6.07) is 3.98. The second-order valence-electron chi connectivity index (χ2n) is 6.29. The number of carbonyl (C=O) groups excluding carboxylic acids is 1. The van der Waals surface area contributed by atoms with Crippen LogP contribution in [0, 0.1) is 5.92 Å².